The summed E-state index contributed by atoms with van der Waals surface area (Å²) in [5, 5.41) is 67.0. The van der Waals surface area contributed by atoms with Crippen molar-refractivity contribution in [3.8, 4) is 0 Å². The van der Waals surface area contributed by atoms with Gasteiger partial charge in [0.1, 0.15) is 42.7 Å². The molecule has 0 bridgehead atoms. The van der Waals surface area contributed by atoms with Crippen molar-refractivity contribution in [2.75, 3.05) is 13.2 Å². The van der Waals surface area contributed by atoms with Gasteiger partial charge >= 0.3 is 0 Å². The molecule has 2 aliphatic heterocycles. The van der Waals surface area contributed by atoms with Crippen LogP contribution in [0.1, 0.15) is 0 Å². The Morgan fingerprint density at radius 1 is 0.783 bits per heavy atom. The maximum absolute atomic E-state index is 9.98. The van der Waals surface area contributed by atoms with Gasteiger partial charge in [-0.2, -0.15) is 0 Å². The number of aliphatic hydroxyl groups excluding tert-OH is 7. The van der Waals surface area contributed by atoms with Crippen molar-refractivity contribution in [3.05, 3.63) is 0 Å². The monoisotopic (exact) mass is 341 g/mol. The zero-order valence-corrected chi connectivity index (χ0v) is 12.1. The highest BCUT2D eigenvalue weighted by Crippen LogP contribution is 2.27. The average molecular weight is 341 g/mol. The minimum atomic E-state index is -1.71. The van der Waals surface area contributed by atoms with Gasteiger partial charge < -0.3 is 55.7 Å². The lowest BCUT2D eigenvalue weighted by atomic mass is 9.96. The molecule has 0 aromatic rings. The van der Waals surface area contributed by atoms with Crippen LogP contribution in [0.3, 0.4) is 0 Å². The summed E-state index contributed by atoms with van der Waals surface area (Å²) >= 11 is 0. The molecule has 2 rings (SSSR count). The van der Waals surface area contributed by atoms with E-state index in [9.17, 15) is 30.6 Å². The molecule has 2 heterocycles. The first-order valence-corrected chi connectivity index (χ1v) is 7.15. The molecule has 23 heavy (non-hydrogen) atoms. The zero-order chi connectivity index (χ0) is 17.3. The second-order valence-corrected chi connectivity index (χ2v) is 5.61. The quantitative estimate of drug-likeness (QED) is 0.243. The van der Waals surface area contributed by atoms with Crippen LogP contribution in [0.2, 0.25) is 0 Å². The third kappa shape index (κ3) is 3.65. The van der Waals surface area contributed by atoms with E-state index in [1.54, 1.807) is 0 Å². The first kappa shape index (κ1) is 18.9. The Labute approximate surface area is 131 Å². The average Bonchev–Trinajstić information content (AvgIpc) is 2.55. The fourth-order valence-electron chi connectivity index (χ4n) is 2.62. The van der Waals surface area contributed by atoms with E-state index in [2.05, 4.69) is 0 Å². The Bertz CT molecular complexity index is 383. The Morgan fingerprint density at radius 3 is 1.96 bits per heavy atom. The topological polar surface area (TPSA) is 195 Å². The van der Waals surface area contributed by atoms with Crippen molar-refractivity contribution in [2.24, 2.45) is 5.73 Å². The summed E-state index contributed by atoms with van der Waals surface area (Å²) in [6.45, 7) is -1.25. The highest BCUT2D eigenvalue weighted by Gasteiger charge is 2.49. The lowest BCUT2D eigenvalue weighted by Crippen LogP contribution is -2.66. The SMILES string of the molecule is N[C@H]1[C@H](O[C@@H]2[C@H](O)[C@@H](O)C(O)O[C@@H]2CO)O[C@H](CO)[C@H](O)[C@H]1O. The van der Waals surface area contributed by atoms with Crippen molar-refractivity contribution in [1.82, 2.24) is 0 Å². The molecule has 2 fully saturated rings. The summed E-state index contributed by atoms with van der Waals surface area (Å²) in [6, 6.07) is -1.22. The molecule has 11 nitrogen and oxygen atoms in total. The molecule has 0 amide bonds. The van der Waals surface area contributed by atoms with Gasteiger partial charge in [0.05, 0.1) is 19.3 Å². The lowest BCUT2D eigenvalue weighted by molar-refractivity contribution is -0.339. The van der Waals surface area contributed by atoms with E-state index in [4.69, 9.17) is 25.1 Å². The molecule has 2 aliphatic rings. The second-order valence-electron chi connectivity index (χ2n) is 5.61. The van der Waals surface area contributed by atoms with Crippen LogP contribution in [0.5, 0.6) is 0 Å². The summed E-state index contributed by atoms with van der Waals surface area (Å²) in [4.78, 5) is 0. The summed E-state index contributed by atoms with van der Waals surface area (Å²) in [7, 11) is 0. The van der Waals surface area contributed by atoms with E-state index in [1.165, 1.54) is 0 Å². The maximum atomic E-state index is 9.98. The Hall–Kier alpha value is -0.440. The third-order valence-electron chi connectivity index (χ3n) is 4.06. The van der Waals surface area contributed by atoms with Gasteiger partial charge in [0.2, 0.25) is 0 Å². The van der Waals surface area contributed by atoms with Crippen LogP contribution in [-0.2, 0) is 14.2 Å². The number of hydrogen-bond acceptors (Lipinski definition) is 11. The van der Waals surface area contributed by atoms with E-state index in [-0.39, 0.29) is 0 Å². The van der Waals surface area contributed by atoms with Gasteiger partial charge in [-0.1, -0.05) is 0 Å². The van der Waals surface area contributed by atoms with Gasteiger partial charge in [0.25, 0.3) is 0 Å². The van der Waals surface area contributed by atoms with E-state index in [0.717, 1.165) is 0 Å². The highest BCUT2D eigenvalue weighted by atomic mass is 16.7. The van der Waals surface area contributed by atoms with Crippen molar-refractivity contribution in [3.63, 3.8) is 0 Å². The fraction of sp³-hybridized carbons (Fsp3) is 1.00. The maximum Gasteiger partial charge on any atom is 0.184 e. The molecule has 0 aliphatic carbocycles. The molecule has 136 valence electrons. The van der Waals surface area contributed by atoms with Crippen LogP contribution < -0.4 is 5.73 Å². The van der Waals surface area contributed by atoms with Gasteiger partial charge in [-0.05, 0) is 0 Å². The number of nitrogens with two attached hydrogens (primary N) is 1. The van der Waals surface area contributed by atoms with Crippen LogP contribution in [-0.4, -0.2) is 110 Å². The number of ether oxygens (including phenoxy) is 3. The van der Waals surface area contributed by atoms with Gasteiger partial charge in [0.15, 0.2) is 12.6 Å². The second kappa shape index (κ2) is 7.63. The first-order valence-electron chi connectivity index (χ1n) is 7.15. The minimum absolute atomic E-state index is 0.612. The van der Waals surface area contributed by atoms with Crippen LogP contribution in [0, 0.1) is 0 Å². The smallest absolute Gasteiger partial charge is 0.184 e. The summed E-state index contributed by atoms with van der Waals surface area (Å²) < 4.78 is 15.6. The molecule has 0 spiro atoms. The molecule has 1 unspecified atom stereocenters. The fourth-order valence-corrected chi connectivity index (χ4v) is 2.62. The third-order valence-corrected chi connectivity index (χ3v) is 4.06. The molecule has 9 N–H and O–H groups in total. The van der Waals surface area contributed by atoms with Gasteiger partial charge in [-0.3, -0.25) is 0 Å². The summed E-state index contributed by atoms with van der Waals surface area (Å²) in [5.41, 5.74) is 5.70. The molecule has 0 aromatic heterocycles. The highest BCUT2D eigenvalue weighted by molar-refractivity contribution is 4.95. The van der Waals surface area contributed by atoms with Crippen molar-refractivity contribution in [1.29, 1.82) is 0 Å². The summed E-state index contributed by atoms with van der Waals surface area (Å²) in [5.74, 6) is 0. The standard InChI is InChI=1S/C12H23NO10/c13-5-7(17)6(16)3(1-14)22-12(5)23-10-4(2-15)21-11(20)9(19)8(10)18/h3-12,14-20H,1-2,13H2/t3-,4-,5-,6+,7+,8-,9-,10+,11?,12+/m1/s1. The molecular weight excluding hydrogens is 318 g/mol. The number of hydrogen-bond donors (Lipinski definition) is 8. The summed E-state index contributed by atoms with van der Waals surface area (Å²) in [6.07, 6.45) is -12.9. The zero-order valence-electron chi connectivity index (χ0n) is 12.1. The molecule has 0 aromatic carbocycles. The normalized spacial score (nSPS) is 51.7. The molecule has 2 saturated heterocycles. The minimum Gasteiger partial charge on any atom is -0.394 e. The van der Waals surface area contributed by atoms with Crippen LogP contribution in [0.15, 0.2) is 0 Å². The van der Waals surface area contributed by atoms with E-state index >= 15 is 0 Å². The van der Waals surface area contributed by atoms with E-state index in [1.807, 2.05) is 0 Å². The van der Waals surface area contributed by atoms with Crippen molar-refractivity contribution < 1.29 is 50.0 Å². The van der Waals surface area contributed by atoms with E-state index in [0.29, 0.717) is 0 Å². The van der Waals surface area contributed by atoms with Crippen LogP contribution >= 0.6 is 0 Å². The first-order chi connectivity index (χ1) is 10.8. The Balaban J connectivity index is 2.11. The molecule has 10 atom stereocenters. The molecule has 0 saturated carbocycles. The molecule has 0 radical (unpaired) electrons. The van der Waals surface area contributed by atoms with Gasteiger partial charge in [-0.25, -0.2) is 0 Å². The predicted octanol–water partition coefficient (Wildman–Crippen LogP) is -5.43. The van der Waals surface area contributed by atoms with Crippen LogP contribution in [0.4, 0.5) is 0 Å². The predicted molar refractivity (Wildman–Crippen MR) is 70.6 cm³/mol. The van der Waals surface area contributed by atoms with Gasteiger partial charge in [0, 0.05) is 0 Å². The Morgan fingerprint density at radius 2 is 1.39 bits per heavy atom. The van der Waals surface area contributed by atoms with Gasteiger partial charge in [-0.15, -0.1) is 0 Å². The van der Waals surface area contributed by atoms with E-state index < -0.39 is 74.6 Å². The molecule has 11 heteroatoms. The lowest BCUT2D eigenvalue weighted by Gasteiger charge is -2.45. The van der Waals surface area contributed by atoms with Crippen LogP contribution in [0.25, 0.3) is 0 Å². The molecular formula is C12H23NO10. The number of aliphatic hydroxyl groups is 7. The Kier molecular flexibility index (Phi) is 6.27. The van der Waals surface area contributed by atoms with Crippen molar-refractivity contribution in [2.45, 2.75) is 61.3 Å². The van der Waals surface area contributed by atoms with Crippen molar-refractivity contribution >= 4 is 0 Å². The largest absolute Gasteiger partial charge is 0.394 e. The number of rotatable bonds is 4.